The van der Waals surface area contributed by atoms with Crippen LogP contribution in [0.15, 0.2) is 42.5 Å². The molecular weight excluding hydrogens is 242 g/mol. The predicted octanol–water partition coefficient (Wildman–Crippen LogP) is 2.12. The molecule has 4 nitrogen and oxygen atoms in total. The van der Waals surface area contributed by atoms with Crippen LogP contribution in [0.4, 0.5) is 0 Å². The number of carbonyl (C=O) groups is 1. The monoisotopic (exact) mass is 263 g/mol. The quantitative estimate of drug-likeness (QED) is 0.409. The minimum atomic E-state index is -0.349. The van der Waals surface area contributed by atoms with E-state index in [0.717, 1.165) is 12.3 Å². The maximum absolute atomic E-state index is 11.6. The van der Waals surface area contributed by atoms with E-state index < -0.39 is 0 Å². The van der Waals surface area contributed by atoms with Crippen LogP contribution in [0.3, 0.4) is 0 Å². The normalized spacial score (nSPS) is 10.3. The molecular formula is C15H21NO3. The molecule has 0 saturated heterocycles. The maximum Gasteiger partial charge on any atom is 0.333 e. The molecule has 0 aliphatic carbocycles. The molecule has 0 unspecified atom stereocenters. The molecule has 0 aliphatic rings. The first-order valence-corrected chi connectivity index (χ1v) is 6.27. The number of hydrogen-bond acceptors (Lipinski definition) is 4. The minimum absolute atomic E-state index is 0.231. The van der Waals surface area contributed by atoms with Crippen molar-refractivity contribution >= 4 is 5.97 Å². The summed E-state index contributed by atoms with van der Waals surface area (Å²) in [5.74, 6) is 0.420. The second kappa shape index (κ2) is 8.32. The molecule has 4 heteroatoms. The third-order valence-electron chi connectivity index (χ3n) is 2.48. The Kier molecular flexibility index (Phi) is 6.68. The zero-order valence-corrected chi connectivity index (χ0v) is 11.6. The first-order chi connectivity index (χ1) is 9.09. The van der Waals surface area contributed by atoms with Crippen LogP contribution in [-0.2, 0) is 9.53 Å². The summed E-state index contributed by atoms with van der Waals surface area (Å²) in [5, 5.41) is 0. The van der Waals surface area contributed by atoms with Crippen molar-refractivity contribution in [3.63, 3.8) is 0 Å². The van der Waals surface area contributed by atoms with Crippen molar-refractivity contribution in [2.24, 2.45) is 0 Å². The molecule has 0 atom stereocenters. The van der Waals surface area contributed by atoms with E-state index in [0.29, 0.717) is 18.6 Å². The average Bonchev–Trinajstić information content (AvgIpc) is 2.41. The van der Waals surface area contributed by atoms with Gasteiger partial charge in [0.15, 0.2) is 0 Å². The highest BCUT2D eigenvalue weighted by Gasteiger charge is 2.08. The Balaban J connectivity index is 2.15. The van der Waals surface area contributed by atoms with Gasteiger partial charge in [0.25, 0.3) is 0 Å². The lowest BCUT2D eigenvalue weighted by atomic mass is 10.2. The van der Waals surface area contributed by atoms with Crippen LogP contribution in [0.1, 0.15) is 6.42 Å². The van der Waals surface area contributed by atoms with Crippen molar-refractivity contribution in [3.8, 4) is 5.75 Å². The Bertz CT molecular complexity index is 401. The van der Waals surface area contributed by atoms with Crippen molar-refractivity contribution in [2.45, 2.75) is 6.42 Å². The molecule has 0 amide bonds. The van der Waals surface area contributed by atoms with Gasteiger partial charge in [0.05, 0.1) is 0 Å². The third kappa shape index (κ3) is 6.62. The number of carbonyl (C=O) groups excluding carboxylic acids is 1. The SMILES string of the molecule is C=C(CCN(C)C)C(=O)OCCOc1ccccc1. The van der Waals surface area contributed by atoms with Gasteiger partial charge in [0, 0.05) is 12.1 Å². The van der Waals surface area contributed by atoms with Crippen LogP contribution in [0.2, 0.25) is 0 Å². The lowest BCUT2D eigenvalue weighted by molar-refractivity contribution is -0.139. The standard InChI is InChI=1S/C15H21NO3/c1-13(9-10-16(2)3)15(17)19-12-11-18-14-7-5-4-6-8-14/h4-8H,1,9-12H2,2-3H3. The van der Waals surface area contributed by atoms with Gasteiger partial charge in [-0.3, -0.25) is 0 Å². The summed E-state index contributed by atoms with van der Waals surface area (Å²) >= 11 is 0. The third-order valence-corrected chi connectivity index (χ3v) is 2.48. The summed E-state index contributed by atoms with van der Waals surface area (Å²) in [4.78, 5) is 13.6. The highest BCUT2D eigenvalue weighted by molar-refractivity contribution is 5.87. The summed E-state index contributed by atoms with van der Waals surface area (Å²) < 4.78 is 10.5. The van der Waals surface area contributed by atoms with Crippen LogP contribution >= 0.6 is 0 Å². The van der Waals surface area contributed by atoms with Crippen molar-refractivity contribution in [2.75, 3.05) is 33.9 Å². The molecule has 104 valence electrons. The van der Waals surface area contributed by atoms with Crippen molar-refractivity contribution in [1.82, 2.24) is 4.90 Å². The first-order valence-electron chi connectivity index (χ1n) is 6.27. The van der Waals surface area contributed by atoms with Gasteiger partial charge in [0.2, 0.25) is 0 Å². The smallest absolute Gasteiger partial charge is 0.333 e. The number of nitrogens with zero attached hydrogens (tertiary/aromatic N) is 1. The van der Waals surface area contributed by atoms with E-state index in [9.17, 15) is 4.79 Å². The molecule has 0 N–H and O–H groups in total. The number of esters is 1. The van der Waals surface area contributed by atoms with E-state index in [2.05, 4.69) is 6.58 Å². The molecule has 0 saturated carbocycles. The van der Waals surface area contributed by atoms with Crippen LogP contribution < -0.4 is 4.74 Å². The van der Waals surface area contributed by atoms with Gasteiger partial charge >= 0.3 is 5.97 Å². The van der Waals surface area contributed by atoms with Crippen LogP contribution in [-0.4, -0.2) is 44.7 Å². The Hall–Kier alpha value is -1.81. The molecule has 1 rings (SSSR count). The van der Waals surface area contributed by atoms with Gasteiger partial charge < -0.3 is 14.4 Å². The van der Waals surface area contributed by atoms with E-state index in [4.69, 9.17) is 9.47 Å². The number of para-hydroxylation sites is 1. The van der Waals surface area contributed by atoms with Crippen LogP contribution in [0.5, 0.6) is 5.75 Å². The molecule has 1 aromatic rings. The Morgan fingerprint density at radius 2 is 1.89 bits per heavy atom. The molecule has 0 aromatic heterocycles. The number of hydrogen-bond donors (Lipinski definition) is 0. The second-order valence-electron chi connectivity index (χ2n) is 4.45. The topological polar surface area (TPSA) is 38.8 Å². The highest BCUT2D eigenvalue weighted by Crippen LogP contribution is 2.08. The predicted molar refractivity (Wildman–Crippen MR) is 75.2 cm³/mol. The summed E-state index contributed by atoms with van der Waals surface area (Å²) in [6.45, 7) is 5.08. The van der Waals surface area contributed by atoms with Crippen molar-refractivity contribution < 1.29 is 14.3 Å². The number of ether oxygens (including phenoxy) is 2. The number of benzene rings is 1. The largest absolute Gasteiger partial charge is 0.490 e. The molecule has 1 aromatic carbocycles. The van der Waals surface area contributed by atoms with Gasteiger partial charge in [-0.05, 0) is 32.6 Å². The van der Waals surface area contributed by atoms with E-state index >= 15 is 0 Å². The molecule has 0 bridgehead atoms. The molecule has 0 fully saturated rings. The summed E-state index contributed by atoms with van der Waals surface area (Å²) in [7, 11) is 3.90. The molecule has 19 heavy (non-hydrogen) atoms. The van der Waals surface area contributed by atoms with Crippen LogP contribution in [0.25, 0.3) is 0 Å². The van der Waals surface area contributed by atoms with E-state index in [1.807, 2.05) is 49.3 Å². The zero-order chi connectivity index (χ0) is 14.1. The van der Waals surface area contributed by atoms with Gasteiger partial charge in [-0.1, -0.05) is 24.8 Å². The van der Waals surface area contributed by atoms with E-state index in [1.54, 1.807) is 0 Å². The fraction of sp³-hybridized carbons (Fsp3) is 0.400. The van der Waals surface area contributed by atoms with Crippen molar-refractivity contribution in [1.29, 1.82) is 0 Å². The van der Waals surface area contributed by atoms with Gasteiger partial charge in [-0.15, -0.1) is 0 Å². The van der Waals surface area contributed by atoms with Crippen LogP contribution in [0, 0.1) is 0 Å². The summed E-state index contributed by atoms with van der Waals surface area (Å²) in [5.41, 5.74) is 0.494. The fourth-order valence-corrected chi connectivity index (χ4v) is 1.37. The van der Waals surface area contributed by atoms with E-state index in [-0.39, 0.29) is 12.6 Å². The second-order valence-corrected chi connectivity index (χ2v) is 4.45. The van der Waals surface area contributed by atoms with Crippen molar-refractivity contribution in [3.05, 3.63) is 42.5 Å². The molecule has 0 aliphatic heterocycles. The highest BCUT2D eigenvalue weighted by atomic mass is 16.6. The Labute approximate surface area is 114 Å². The summed E-state index contributed by atoms with van der Waals surface area (Å²) in [6, 6.07) is 9.42. The van der Waals surface area contributed by atoms with E-state index in [1.165, 1.54) is 0 Å². The maximum atomic E-state index is 11.6. The molecule has 0 radical (unpaired) electrons. The minimum Gasteiger partial charge on any atom is -0.490 e. The van der Waals surface area contributed by atoms with Gasteiger partial charge in [-0.25, -0.2) is 4.79 Å². The van der Waals surface area contributed by atoms with Gasteiger partial charge in [-0.2, -0.15) is 0 Å². The van der Waals surface area contributed by atoms with Gasteiger partial charge in [0.1, 0.15) is 19.0 Å². The number of rotatable bonds is 8. The first kappa shape index (κ1) is 15.2. The Morgan fingerprint density at radius 3 is 2.53 bits per heavy atom. The molecule has 0 spiro atoms. The average molecular weight is 263 g/mol. The lowest BCUT2D eigenvalue weighted by Gasteiger charge is -2.11. The fourth-order valence-electron chi connectivity index (χ4n) is 1.37. The molecule has 0 heterocycles. The zero-order valence-electron chi connectivity index (χ0n) is 11.6. The summed E-state index contributed by atoms with van der Waals surface area (Å²) in [6.07, 6.45) is 0.616. The lowest BCUT2D eigenvalue weighted by Crippen LogP contribution is -2.18. The Morgan fingerprint density at radius 1 is 1.21 bits per heavy atom.